The summed E-state index contributed by atoms with van der Waals surface area (Å²) in [7, 11) is 0. The number of hydrogen-bond acceptors (Lipinski definition) is 4. The Morgan fingerprint density at radius 3 is 2.35 bits per heavy atom. The average molecular weight is 417 g/mol. The topological polar surface area (TPSA) is 75.5 Å². The van der Waals surface area contributed by atoms with Crippen LogP contribution in [-0.2, 0) is 16.1 Å². The first-order valence-corrected chi connectivity index (χ1v) is 9.23. The van der Waals surface area contributed by atoms with Gasteiger partial charge in [0.25, 0.3) is 5.91 Å². The summed E-state index contributed by atoms with van der Waals surface area (Å²) in [5, 5.41) is 4.23. The van der Waals surface area contributed by atoms with Crippen molar-refractivity contribution in [3.8, 4) is 0 Å². The zero-order chi connectivity index (χ0) is 18.3. The number of aromatic nitrogens is 2. The van der Waals surface area contributed by atoms with Crippen LogP contribution in [0, 0.1) is 5.92 Å². The molecule has 7 nitrogen and oxygen atoms in total. The largest absolute Gasteiger partial charge is 0.338 e. The van der Waals surface area contributed by atoms with Gasteiger partial charge >= 0.3 is 0 Å². The molecule has 0 unspecified atom stereocenters. The molecule has 0 spiro atoms. The van der Waals surface area contributed by atoms with E-state index in [1.54, 1.807) is 35.4 Å². The molecule has 2 saturated heterocycles. The first kappa shape index (κ1) is 17.0. The fourth-order valence-corrected chi connectivity index (χ4v) is 3.68. The molecule has 2 aliphatic rings. The van der Waals surface area contributed by atoms with Crippen LogP contribution < -0.4 is 4.90 Å². The monoisotopic (exact) mass is 416 g/mol. The molecule has 1 aromatic carbocycles. The van der Waals surface area contributed by atoms with Gasteiger partial charge in [0.05, 0.1) is 16.4 Å². The van der Waals surface area contributed by atoms with Crippen molar-refractivity contribution in [3.05, 3.63) is 46.7 Å². The smallest absolute Gasteiger partial charge is 0.253 e. The zero-order valence-electron chi connectivity index (χ0n) is 14.0. The molecular formula is C18H17BrN4O3. The number of benzene rings is 1. The lowest BCUT2D eigenvalue weighted by molar-refractivity contribution is -0.121. The van der Waals surface area contributed by atoms with Crippen LogP contribution in [0.5, 0.6) is 0 Å². The average Bonchev–Trinajstić information content (AvgIpc) is 3.15. The van der Waals surface area contributed by atoms with E-state index in [-0.39, 0.29) is 30.6 Å². The van der Waals surface area contributed by atoms with E-state index in [2.05, 4.69) is 21.0 Å². The molecule has 4 rings (SSSR count). The highest BCUT2D eigenvalue weighted by molar-refractivity contribution is 9.10. The van der Waals surface area contributed by atoms with Gasteiger partial charge in [-0.1, -0.05) is 0 Å². The van der Waals surface area contributed by atoms with Crippen molar-refractivity contribution in [2.75, 3.05) is 18.0 Å². The van der Waals surface area contributed by atoms with Gasteiger partial charge in [0.2, 0.25) is 11.8 Å². The van der Waals surface area contributed by atoms with E-state index in [4.69, 9.17) is 0 Å². The van der Waals surface area contributed by atoms with E-state index in [1.807, 2.05) is 10.9 Å². The minimum Gasteiger partial charge on any atom is -0.338 e. The lowest BCUT2D eigenvalue weighted by Crippen LogP contribution is -2.51. The quantitative estimate of drug-likeness (QED) is 0.714. The van der Waals surface area contributed by atoms with Gasteiger partial charge in [-0.15, -0.1) is 0 Å². The SMILES string of the molecule is O=C(c1ccc(N2C(=O)CCC2=O)cc1)N1CC(Cn2cc(Br)cn2)C1. The fraction of sp³-hybridized carbons (Fsp3) is 0.333. The van der Waals surface area contributed by atoms with Crippen molar-refractivity contribution in [1.82, 2.24) is 14.7 Å². The van der Waals surface area contributed by atoms with Gasteiger partial charge < -0.3 is 4.90 Å². The molecule has 2 aromatic rings. The second-order valence-corrected chi connectivity index (χ2v) is 7.54. The third kappa shape index (κ3) is 3.16. The first-order valence-electron chi connectivity index (χ1n) is 8.44. The number of nitrogens with zero attached hydrogens (tertiary/aromatic N) is 4. The van der Waals surface area contributed by atoms with Gasteiger partial charge in [-0.2, -0.15) is 5.10 Å². The number of carbonyl (C=O) groups is 3. The van der Waals surface area contributed by atoms with Gasteiger partial charge in [-0.3, -0.25) is 24.0 Å². The Bertz CT molecular complexity index is 855. The molecule has 0 N–H and O–H groups in total. The summed E-state index contributed by atoms with van der Waals surface area (Å²) >= 11 is 3.37. The number of imide groups is 1. The predicted octanol–water partition coefficient (Wildman–Crippen LogP) is 2.07. The molecule has 2 aliphatic heterocycles. The van der Waals surface area contributed by atoms with Gasteiger partial charge in [-0.05, 0) is 40.2 Å². The maximum absolute atomic E-state index is 12.5. The molecule has 0 bridgehead atoms. The van der Waals surface area contributed by atoms with Crippen molar-refractivity contribution in [3.63, 3.8) is 0 Å². The molecule has 1 aromatic heterocycles. The lowest BCUT2D eigenvalue weighted by Gasteiger charge is -2.39. The van der Waals surface area contributed by atoms with Gasteiger partial charge in [0.1, 0.15) is 0 Å². The summed E-state index contributed by atoms with van der Waals surface area (Å²) in [6.45, 7) is 2.18. The van der Waals surface area contributed by atoms with Crippen LogP contribution in [0.1, 0.15) is 23.2 Å². The molecular weight excluding hydrogens is 400 g/mol. The molecule has 0 radical (unpaired) electrons. The van der Waals surface area contributed by atoms with E-state index in [0.717, 1.165) is 11.0 Å². The molecule has 3 heterocycles. The van der Waals surface area contributed by atoms with Crippen LogP contribution in [0.2, 0.25) is 0 Å². The van der Waals surface area contributed by atoms with E-state index in [0.29, 0.717) is 30.3 Å². The van der Waals surface area contributed by atoms with Crippen LogP contribution in [-0.4, -0.2) is 45.5 Å². The van der Waals surface area contributed by atoms with Crippen LogP contribution in [0.4, 0.5) is 5.69 Å². The summed E-state index contributed by atoms with van der Waals surface area (Å²) in [5.74, 6) is -0.0202. The third-order valence-electron chi connectivity index (χ3n) is 4.72. The Labute approximate surface area is 158 Å². The minimum absolute atomic E-state index is 0.0338. The molecule has 8 heteroatoms. The van der Waals surface area contributed by atoms with Gasteiger partial charge in [0.15, 0.2) is 0 Å². The molecule has 2 fully saturated rings. The van der Waals surface area contributed by atoms with Crippen molar-refractivity contribution in [2.45, 2.75) is 19.4 Å². The van der Waals surface area contributed by atoms with E-state index < -0.39 is 0 Å². The standard InChI is InChI=1S/C18H17BrN4O3/c19-14-7-20-22(11-14)10-12-8-21(9-12)18(26)13-1-3-15(4-2-13)23-16(24)5-6-17(23)25/h1-4,7,11-12H,5-6,8-10H2. The minimum atomic E-state index is -0.190. The number of rotatable bonds is 4. The van der Waals surface area contributed by atoms with E-state index in [9.17, 15) is 14.4 Å². The normalized spacial score (nSPS) is 17.7. The van der Waals surface area contributed by atoms with Gasteiger partial charge in [-0.25, -0.2) is 0 Å². The second kappa shape index (κ2) is 6.68. The molecule has 0 aliphatic carbocycles. The molecule has 0 atom stereocenters. The Morgan fingerprint density at radius 2 is 1.77 bits per heavy atom. The summed E-state index contributed by atoms with van der Waals surface area (Å²) in [6, 6.07) is 6.67. The van der Waals surface area contributed by atoms with Crippen molar-refractivity contribution in [1.29, 1.82) is 0 Å². The number of halogens is 1. The number of carbonyl (C=O) groups excluding carboxylic acids is 3. The van der Waals surface area contributed by atoms with Crippen molar-refractivity contribution in [2.24, 2.45) is 5.92 Å². The Balaban J connectivity index is 1.36. The highest BCUT2D eigenvalue weighted by Gasteiger charge is 2.33. The van der Waals surface area contributed by atoms with Crippen molar-refractivity contribution >= 4 is 39.3 Å². The van der Waals surface area contributed by atoms with E-state index >= 15 is 0 Å². The molecule has 134 valence electrons. The van der Waals surface area contributed by atoms with Crippen LogP contribution in [0.15, 0.2) is 41.1 Å². The lowest BCUT2D eigenvalue weighted by atomic mass is 9.99. The highest BCUT2D eigenvalue weighted by Crippen LogP contribution is 2.25. The Kier molecular flexibility index (Phi) is 4.36. The van der Waals surface area contributed by atoms with Crippen LogP contribution >= 0.6 is 15.9 Å². The fourth-order valence-electron chi connectivity index (χ4n) is 3.35. The van der Waals surface area contributed by atoms with Crippen molar-refractivity contribution < 1.29 is 14.4 Å². The first-order chi connectivity index (χ1) is 12.5. The van der Waals surface area contributed by atoms with Gasteiger partial charge in [0, 0.05) is 50.2 Å². The maximum Gasteiger partial charge on any atom is 0.253 e. The predicted molar refractivity (Wildman–Crippen MR) is 97.5 cm³/mol. The third-order valence-corrected chi connectivity index (χ3v) is 5.12. The second-order valence-electron chi connectivity index (χ2n) is 6.63. The van der Waals surface area contributed by atoms with Crippen LogP contribution in [0.3, 0.4) is 0 Å². The maximum atomic E-state index is 12.5. The number of amides is 3. The van der Waals surface area contributed by atoms with Crippen LogP contribution in [0.25, 0.3) is 0 Å². The highest BCUT2D eigenvalue weighted by atomic mass is 79.9. The Hall–Kier alpha value is -2.48. The number of likely N-dealkylation sites (tertiary alicyclic amines) is 1. The summed E-state index contributed by atoms with van der Waals surface area (Å²) < 4.78 is 2.81. The number of anilines is 1. The number of hydrogen-bond donors (Lipinski definition) is 0. The zero-order valence-corrected chi connectivity index (χ0v) is 15.6. The molecule has 26 heavy (non-hydrogen) atoms. The van der Waals surface area contributed by atoms with E-state index in [1.165, 1.54) is 4.90 Å². The summed E-state index contributed by atoms with van der Waals surface area (Å²) in [5.41, 5.74) is 1.09. The Morgan fingerprint density at radius 1 is 1.12 bits per heavy atom. The molecule has 0 saturated carbocycles. The summed E-state index contributed by atoms with van der Waals surface area (Å²) in [6.07, 6.45) is 4.17. The molecule has 3 amide bonds. The summed E-state index contributed by atoms with van der Waals surface area (Å²) in [4.78, 5) is 39.1.